The second-order valence-corrected chi connectivity index (χ2v) is 4.86. The van der Waals surface area contributed by atoms with Crippen LogP contribution in [0.2, 0.25) is 0 Å². The van der Waals surface area contributed by atoms with E-state index < -0.39 is 0 Å². The molecule has 2 aromatic heterocycles. The minimum Gasteiger partial charge on any atom is -0.348 e. The molecule has 2 heterocycles. The smallest absolute Gasteiger partial charge is 0.271 e. The Hall–Kier alpha value is -2.02. The third-order valence-electron chi connectivity index (χ3n) is 2.47. The van der Waals surface area contributed by atoms with Gasteiger partial charge in [0.15, 0.2) is 5.13 Å². The summed E-state index contributed by atoms with van der Waals surface area (Å²) in [6, 6.07) is 2.09. The number of aromatic nitrogens is 3. The summed E-state index contributed by atoms with van der Waals surface area (Å²) in [7, 11) is 0. The van der Waals surface area contributed by atoms with Crippen molar-refractivity contribution >= 4 is 28.2 Å². The molecular formula is C11H11N5OS. The Balaban J connectivity index is 1.67. The zero-order chi connectivity index (χ0) is 12.4. The first-order valence-corrected chi connectivity index (χ1v) is 6.48. The second-order valence-electron chi connectivity index (χ2n) is 4.01. The fourth-order valence-electron chi connectivity index (χ4n) is 1.40. The van der Waals surface area contributed by atoms with Crippen LogP contribution in [0.25, 0.3) is 0 Å². The Kier molecular flexibility index (Phi) is 2.89. The molecule has 1 fully saturated rings. The number of carbonyl (C=O) groups is 1. The Morgan fingerprint density at radius 3 is 3.06 bits per heavy atom. The molecule has 0 atom stereocenters. The highest BCUT2D eigenvalue weighted by molar-refractivity contribution is 7.14. The highest BCUT2D eigenvalue weighted by atomic mass is 32.1. The molecule has 7 heteroatoms. The molecule has 1 aliphatic carbocycles. The van der Waals surface area contributed by atoms with Crippen LogP contribution in [-0.4, -0.2) is 26.9 Å². The van der Waals surface area contributed by atoms with Gasteiger partial charge in [-0.25, -0.2) is 15.0 Å². The van der Waals surface area contributed by atoms with Gasteiger partial charge < -0.3 is 10.6 Å². The lowest BCUT2D eigenvalue weighted by molar-refractivity contribution is 0.0947. The van der Waals surface area contributed by atoms with Crippen molar-refractivity contribution in [2.75, 3.05) is 5.32 Å². The van der Waals surface area contributed by atoms with E-state index in [4.69, 9.17) is 0 Å². The highest BCUT2D eigenvalue weighted by Gasteiger charge is 2.24. The number of anilines is 2. The molecule has 0 radical (unpaired) electrons. The summed E-state index contributed by atoms with van der Waals surface area (Å²) in [6.45, 7) is 0. The maximum atomic E-state index is 11.7. The lowest BCUT2D eigenvalue weighted by atomic mass is 10.4. The van der Waals surface area contributed by atoms with E-state index in [1.165, 1.54) is 17.7 Å². The fourth-order valence-corrected chi connectivity index (χ4v) is 2.09. The minimum absolute atomic E-state index is 0.107. The van der Waals surface area contributed by atoms with Gasteiger partial charge in [-0.2, -0.15) is 0 Å². The number of carbonyl (C=O) groups excluding carboxylic acids is 1. The molecule has 1 saturated carbocycles. The van der Waals surface area contributed by atoms with E-state index in [2.05, 4.69) is 25.6 Å². The van der Waals surface area contributed by atoms with Crippen molar-refractivity contribution in [1.82, 2.24) is 20.3 Å². The standard InChI is InChI=1S/C11H11N5OS/c17-10(14-7-1-2-7)8-5-18-11(15-8)16-9-3-4-12-6-13-9/h3-7H,1-2H2,(H,14,17)(H,12,13,15,16). The van der Waals surface area contributed by atoms with E-state index in [1.807, 2.05) is 0 Å². The van der Waals surface area contributed by atoms with Gasteiger partial charge in [-0.1, -0.05) is 0 Å². The quantitative estimate of drug-likeness (QED) is 0.873. The van der Waals surface area contributed by atoms with Gasteiger partial charge in [0.2, 0.25) is 0 Å². The molecule has 2 N–H and O–H groups in total. The molecule has 0 spiro atoms. The highest BCUT2D eigenvalue weighted by Crippen LogP contribution is 2.22. The van der Waals surface area contributed by atoms with Crippen molar-refractivity contribution in [3.05, 3.63) is 29.7 Å². The van der Waals surface area contributed by atoms with Gasteiger partial charge in [-0.15, -0.1) is 11.3 Å². The van der Waals surface area contributed by atoms with Crippen molar-refractivity contribution in [2.24, 2.45) is 0 Å². The van der Waals surface area contributed by atoms with Crippen molar-refractivity contribution in [2.45, 2.75) is 18.9 Å². The Bertz CT molecular complexity index is 552. The molecule has 0 unspecified atom stereocenters. The molecule has 0 aromatic carbocycles. The van der Waals surface area contributed by atoms with Crippen LogP contribution in [0.5, 0.6) is 0 Å². The van der Waals surface area contributed by atoms with Crippen molar-refractivity contribution in [3.63, 3.8) is 0 Å². The van der Waals surface area contributed by atoms with Gasteiger partial charge in [0.1, 0.15) is 17.8 Å². The number of nitrogens with zero attached hydrogens (tertiary/aromatic N) is 3. The zero-order valence-electron chi connectivity index (χ0n) is 9.46. The molecule has 0 bridgehead atoms. The number of amides is 1. The predicted octanol–water partition coefficient (Wildman–Crippen LogP) is 1.57. The lowest BCUT2D eigenvalue weighted by Crippen LogP contribution is -2.25. The summed E-state index contributed by atoms with van der Waals surface area (Å²) >= 11 is 1.38. The van der Waals surface area contributed by atoms with Crippen molar-refractivity contribution in [1.29, 1.82) is 0 Å². The van der Waals surface area contributed by atoms with E-state index >= 15 is 0 Å². The SMILES string of the molecule is O=C(NC1CC1)c1csc(Nc2ccncn2)n1. The van der Waals surface area contributed by atoms with E-state index in [-0.39, 0.29) is 5.91 Å². The molecule has 1 amide bonds. The zero-order valence-corrected chi connectivity index (χ0v) is 10.3. The van der Waals surface area contributed by atoms with E-state index in [1.54, 1.807) is 17.6 Å². The number of nitrogens with one attached hydrogen (secondary N) is 2. The topological polar surface area (TPSA) is 79.8 Å². The van der Waals surface area contributed by atoms with E-state index in [0.29, 0.717) is 22.7 Å². The van der Waals surface area contributed by atoms with Crippen LogP contribution in [0, 0.1) is 0 Å². The largest absolute Gasteiger partial charge is 0.348 e. The van der Waals surface area contributed by atoms with Gasteiger partial charge in [-0.3, -0.25) is 4.79 Å². The molecule has 0 aliphatic heterocycles. The Labute approximate surface area is 108 Å². The Morgan fingerprint density at radius 2 is 2.33 bits per heavy atom. The maximum Gasteiger partial charge on any atom is 0.271 e. The van der Waals surface area contributed by atoms with Crippen LogP contribution in [0.1, 0.15) is 23.3 Å². The van der Waals surface area contributed by atoms with Gasteiger partial charge in [0.05, 0.1) is 0 Å². The number of hydrogen-bond acceptors (Lipinski definition) is 6. The molecule has 2 aromatic rings. The first-order valence-electron chi connectivity index (χ1n) is 5.61. The second kappa shape index (κ2) is 4.69. The van der Waals surface area contributed by atoms with Crippen LogP contribution in [0.3, 0.4) is 0 Å². The van der Waals surface area contributed by atoms with E-state index in [0.717, 1.165) is 12.8 Å². The summed E-state index contributed by atoms with van der Waals surface area (Å²) in [6.07, 6.45) is 5.24. The first kappa shape index (κ1) is 11.1. The number of hydrogen-bond donors (Lipinski definition) is 2. The first-order chi connectivity index (χ1) is 8.81. The summed E-state index contributed by atoms with van der Waals surface area (Å²) < 4.78 is 0. The molecule has 1 aliphatic rings. The average molecular weight is 261 g/mol. The summed E-state index contributed by atoms with van der Waals surface area (Å²) in [5.41, 5.74) is 0.448. The van der Waals surface area contributed by atoms with Gasteiger partial charge >= 0.3 is 0 Å². The number of rotatable bonds is 4. The molecule has 18 heavy (non-hydrogen) atoms. The molecule has 6 nitrogen and oxygen atoms in total. The summed E-state index contributed by atoms with van der Waals surface area (Å²) in [4.78, 5) is 23.8. The van der Waals surface area contributed by atoms with Crippen LogP contribution in [0.4, 0.5) is 10.9 Å². The normalized spacial score (nSPS) is 14.2. The molecule has 3 rings (SSSR count). The lowest BCUT2D eigenvalue weighted by Gasteiger charge is -2.00. The third-order valence-corrected chi connectivity index (χ3v) is 3.22. The average Bonchev–Trinajstić information content (AvgIpc) is 3.07. The molecule has 92 valence electrons. The monoisotopic (exact) mass is 261 g/mol. The third kappa shape index (κ3) is 2.62. The minimum atomic E-state index is -0.107. The van der Waals surface area contributed by atoms with Crippen LogP contribution >= 0.6 is 11.3 Å². The summed E-state index contributed by atoms with van der Waals surface area (Å²) in [5.74, 6) is 0.554. The summed E-state index contributed by atoms with van der Waals surface area (Å²) in [5, 5.41) is 8.31. The van der Waals surface area contributed by atoms with Crippen LogP contribution in [-0.2, 0) is 0 Å². The molecule has 0 saturated heterocycles. The van der Waals surface area contributed by atoms with Gasteiger partial charge in [0, 0.05) is 17.6 Å². The Morgan fingerprint density at radius 1 is 1.44 bits per heavy atom. The number of thiazole rings is 1. The predicted molar refractivity (Wildman–Crippen MR) is 67.9 cm³/mol. The van der Waals surface area contributed by atoms with Crippen LogP contribution < -0.4 is 10.6 Å². The van der Waals surface area contributed by atoms with Gasteiger partial charge in [0.25, 0.3) is 5.91 Å². The fraction of sp³-hybridized carbons (Fsp3) is 0.273. The molecular weight excluding hydrogens is 250 g/mol. The van der Waals surface area contributed by atoms with Crippen molar-refractivity contribution < 1.29 is 4.79 Å². The maximum absolute atomic E-state index is 11.7. The van der Waals surface area contributed by atoms with E-state index in [9.17, 15) is 4.79 Å². The van der Waals surface area contributed by atoms with Crippen LogP contribution in [0.15, 0.2) is 24.0 Å². The van der Waals surface area contributed by atoms with Crippen molar-refractivity contribution in [3.8, 4) is 0 Å². The van der Waals surface area contributed by atoms with Gasteiger partial charge in [-0.05, 0) is 18.9 Å².